The largest absolute Gasteiger partial charge is 0.357 e. The predicted octanol–water partition coefficient (Wildman–Crippen LogP) is 6.00. The second-order valence-corrected chi connectivity index (χ2v) is 11.6. The Kier molecular flexibility index (Phi) is 7.91. The number of nitrogens with zero attached hydrogens (tertiary/aromatic N) is 2. The molecule has 0 spiro atoms. The molecule has 0 bridgehead atoms. The van der Waals surface area contributed by atoms with Crippen molar-refractivity contribution in [2.45, 2.75) is 33.7 Å². The van der Waals surface area contributed by atoms with Crippen molar-refractivity contribution in [3.05, 3.63) is 83.5 Å². The highest BCUT2D eigenvalue weighted by atomic mass is 32.2. The molecule has 1 amide bonds. The van der Waals surface area contributed by atoms with Gasteiger partial charge in [-0.2, -0.15) is 8.42 Å². The minimum absolute atomic E-state index is 0.236. The lowest BCUT2D eigenvalue weighted by Gasteiger charge is -2.10. The van der Waals surface area contributed by atoms with E-state index in [0.717, 1.165) is 39.4 Å². The maximum Gasteiger partial charge on any atom is 0.357 e. The van der Waals surface area contributed by atoms with Crippen molar-refractivity contribution in [1.29, 1.82) is 0 Å². The summed E-state index contributed by atoms with van der Waals surface area (Å²) in [5.41, 5.74) is 3.80. The summed E-state index contributed by atoms with van der Waals surface area (Å²) in [6.07, 6.45) is 4.58. The van der Waals surface area contributed by atoms with Crippen LogP contribution in [0.4, 0.5) is 9.80 Å². The van der Waals surface area contributed by atoms with Gasteiger partial charge in [-0.25, -0.2) is 4.98 Å². The number of hydrogen-bond acceptors (Lipinski definition) is 5. The first-order valence-electron chi connectivity index (χ1n) is 11.9. The van der Waals surface area contributed by atoms with E-state index < -0.39 is 15.3 Å². The van der Waals surface area contributed by atoms with Crippen molar-refractivity contribution < 1.29 is 13.2 Å². The van der Waals surface area contributed by atoms with Crippen molar-refractivity contribution in [3.8, 4) is 22.5 Å². The monoisotopic (exact) mass is 522 g/mol. The molecule has 4 aromatic rings. The Balaban J connectivity index is 1.60. The van der Waals surface area contributed by atoms with Crippen molar-refractivity contribution >= 4 is 31.6 Å². The first-order chi connectivity index (χ1) is 17.3. The smallest absolute Gasteiger partial charge is 0.341 e. The van der Waals surface area contributed by atoms with Crippen molar-refractivity contribution in [2.24, 2.45) is 5.92 Å². The van der Waals surface area contributed by atoms with E-state index >= 15 is 0 Å². The molecule has 0 fully saturated rings. The molecular weight excluding hydrogens is 492 g/mol. The summed E-state index contributed by atoms with van der Waals surface area (Å²) in [7, 11) is -4.19. The molecule has 188 valence electrons. The molecule has 0 aliphatic rings. The molecule has 0 aliphatic carbocycles. The van der Waals surface area contributed by atoms with Gasteiger partial charge in [0.15, 0.2) is 0 Å². The number of nitrogens with one attached hydrogen (secondary N) is 2. The molecular formula is C27H30N4O3S2. The first kappa shape index (κ1) is 25.7. The number of carbonyl (C=O) groups is 1. The highest BCUT2D eigenvalue weighted by Crippen LogP contribution is 2.38. The quantitative estimate of drug-likeness (QED) is 0.282. The van der Waals surface area contributed by atoms with Gasteiger partial charge in [-0.15, -0.1) is 11.3 Å². The van der Waals surface area contributed by atoms with E-state index in [9.17, 15) is 13.2 Å². The van der Waals surface area contributed by atoms with Crippen LogP contribution in [0.15, 0.2) is 73.1 Å². The molecule has 2 heterocycles. The van der Waals surface area contributed by atoms with Crippen molar-refractivity contribution in [3.63, 3.8) is 0 Å². The van der Waals surface area contributed by atoms with Gasteiger partial charge in [-0.05, 0) is 36.5 Å². The molecule has 0 atom stereocenters. The molecule has 0 aliphatic heterocycles. The van der Waals surface area contributed by atoms with Crippen LogP contribution in [0.3, 0.4) is 0 Å². The van der Waals surface area contributed by atoms with E-state index in [4.69, 9.17) is 0 Å². The molecule has 0 radical (unpaired) electrons. The van der Waals surface area contributed by atoms with E-state index in [0.29, 0.717) is 17.5 Å². The summed E-state index contributed by atoms with van der Waals surface area (Å²) in [6, 6.07) is 20.1. The Morgan fingerprint density at radius 2 is 1.78 bits per heavy atom. The Morgan fingerprint density at radius 3 is 2.44 bits per heavy atom. The highest BCUT2D eigenvalue weighted by molar-refractivity contribution is 8.07. The number of sulfonamides is 1. The molecule has 2 aromatic heterocycles. The van der Waals surface area contributed by atoms with Crippen LogP contribution in [0.5, 0.6) is 0 Å². The van der Waals surface area contributed by atoms with Crippen LogP contribution in [0.25, 0.3) is 22.5 Å². The minimum Gasteiger partial charge on any atom is -0.341 e. The molecule has 0 unspecified atom stereocenters. The van der Waals surface area contributed by atoms with Gasteiger partial charge in [0.2, 0.25) is 0 Å². The number of amides is 1. The summed E-state index contributed by atoms with van der Waals surface area (Å²) in [5.74, 6) is 1.32. The van der Waals surface area contributed by atoms with Gasteiger partial charge in [-0.1, -0.05) is 68.4 Å². The van der Waals surface area contributed by atoms with E-state index in [1.54, 1.807) is 13.1 Å². The lowest BCUT2D eigenvalue weighted by Crippen LogP contribution is -2.33. The molecule has 0 saturated carbocycles. The number of thiophene rings is 1. The zero-order chi connectivity index (χ0) is 25.7. The summed E-state index contributed by atoms with van der Waals surface area (Å²) in [4.78, 5) is 17.6. The average molecular weight is 523 g/mol. The zero-order valence-corrected chi connectivity index (χ0v) is 22.2. The van der Waals surface area contributed by atoms with E-state index in [-0.39, 0.29) is 6.54 Å². The third-order valence-electron chi connectivity index (χ3n) is 5.55. The van der Waals surface area contributed by atoms with Gasteiger partial charge in [0.25, 0.3) is 0 Å². The van der Waals surface area contributed by atoms with Crippen LogP contribution >= 0.6 is 11.3 Å². The predicted molar refractivity (Wildman–Crippen MR) is 147 cm³/mol. The maximum absolute atomic E-state index is 12.6. The van der Waals surface area contributed by atoms with Crippen LogP contribution in [0, 0.1) is 5.92 Å². The molecule has 7 nitrogen and oxygen atoms in total. The van der Waals surface area contributed by atoms with Crippen molar-refractivity contribution in [1.82, 2.24) is 14.9 Å². The number of hydrogen-bond donors (Lipinski definition) is 2. The first-order valence-corrected chi connectivity index (χ1v) is 14.2. The number of rotatable bonds is 9. The fourth-order valence-corrected chi connectivity index (χ4v) is 6.33. The average Bonchev–Trinajstić information content (AvgIpc) is 3.46. The molecule has 0 saturated heterocycles. The van der Waals surface area contributed by atoms with Gasteiger partial charge in [-0.3, -0.25) is 9.52 Å². The zero-order valence-electron chi connectivity index (χ0n) is 20.6. The molecule has 36 heavy (non-hydrogen) atoms. The Bertz CT molecular complexity index is 1420. The second-order valence-electron chi connectivity index (χ2n) is 8.92. The third kappa shape index (κ3) is 6.03. The molecule has 4 rings (SSSR count). The summed E-state index contributed by atoms with van der Waals surface area (Å²) >= 11 is 1.37. The molecule has 2 aromatic carbocycles. The van der Waals surface area contributed by atoms with Crippen LogP contribution in [-0.4, -0.2) is 29.8 Å². The molecule has 2 N–H and O–H groups in total. The fourth-order valence-electron chi connectivity index (χ4n) is 3.91. The van der Waals surface area contributed by atoms with Crippen LogP contribution in [0.2, 0.25) is 0 Å². The number of benzene rings is 2. The highest BCUT2D eigenvalue weighted by Gasteiger charge is 2.24. The number of aromatic nitrogens is 2. The Morgan fingerprint density at radius 1 is 1.06 bits per heavy atom. The topological polar surface area (TPSA) is 93.1 Å². The van der Waals surface area contributed by atoms with E-state index in [1.165, 1.54) is 11.3 Å². The Labute approximate surface area is 216 Å². The van der Waals surface area contributed by atoms with Gasteiger partial charge in [0.05, 0.1) is 0 Å². The summed E-state index contributed by atoms with van der Waals surface area (Å²) in [5, 5.41) is 1.78. The normalized spacial score (nSPS) is 11.6. The fraction of sp³-hybridized carbons (Fsp3) is 0.259. The van der Waals surface area contributed by atoms with Crippen LogP contribution in [0.1, 0.15) is 31.2 Å². The maximum atomic E-state index is 12.6. The van der Waals surface area contributed by atoms with Crippen molar-refractivity contribution in [2.75, 3.05) is 11.3 Å². The van der Waals surface area contributed by atoms with Gasteiger partial charge in [0.1, 0.15) is 10.8 Å². The van der Waals surface area contributed by atoms with E-state index in [1.807, 2.05) is 66.9 Å². The third-order valence-corrected chi connectivity index (χ3v) is 7.86. The van der Waals surface area contributed by atoms with Gasteiger partial charge < -0.3 is 9.88 Å². The van der Waals surface area contributed by atoms with Crippen LogP contribution < -0.4 is 10.0 Å². The summed E-state index contributed by atoms with van der Waals surface area (Å²) < 4.78 is 29.7. The summed E-state index contributed by atoms with van der Waals surface area (Å²) in [6.45, 7) is 6.81. The standard InChI is InChI=1S/C27H30N4O3S2/c1-4-28-27(32)36(33,34)30-26-24(17-23(35-26)16-19(2)3)21-12-10-20(11-13-21)18-31-15-14-29-25(31)22-8-6-5-7-9-22/h5-15,17,19,30H,4,16,18H2,1-3H3,(H,28,32). The van der Waals surface area contributed by atoms with E-state index in [2.05, 4.69) is 33.4 Å². The number of carbonyl (C=O) groups excluding carboxylic acids is 1. The van der Waals surface area contributed by atoms with Crippen LogP contribution in [-0.2, 0) is 23.0 Å². The lowest BCUT2D eigenvalue weighted by molar-refractivity contribution is 0.259. The number of imidazole rings is 1. The van der Waals surface area contributed by atoms with Gasteiger partial charge in [0, 0.05) is 41.5 Å². The minimum atomic E-state index is -4.19. The molecule has 9 heteroatoms. The number of anilines is 1. The lowest BCUT2D eigenvalue weighted by atomic mass is 10.0. The SMILES string of the molecule is CCNC(=O)S(=O)(=O)Nc1sc(CC(C)C)cc1-c1ccc(Cn2ccnc2-c2ccccc2)cc1. The van der Waals surface area contributed by atoms with Gasteiger partial charge >= 0.3 is 15.3 Å². The second kappa shape index (κ2) is 11.1. The Hall–Kier alpha value is -3.43.